The fraction of sp³-hybridized carbons (Fsp3) is 0.769. The van der Waals surface area contributed by atoms with E-state index in [2.05, 4.69) is 42.2 Å². The molecule has 1 atom stereocenters. The minimum absolute atomic E-state index is 0.741. The lowest BCUT2D eigenvalue weighted by molar-refractivity contribution is 0.652. The zero-order valence-corrected chi connectivity index (χ0v) is 13.5. The summed E-state index contributed by atoms with van der Waals surface area (Å²) in [6.45, 7) is 10.7. The SMILES string of the molecule is CCN(CC)c1ncc(CNCCC(C)SC)s1. The van der Waals surface area contributed by atoms with Crippen molar-refractivity contribution in [2.75, 3.05) is 30.8 Å². The lowest BCUT2D eigenvalue weighted by atomic mass is 10.3. The maximum atomic E-state index is 4.49. The molecule has 1 rings (SSSR count). The van der Waals surface area contributed by atoms with Crippen LogP contribution in [0.3, 0.4) is 0 Å². The average Bonchev–Trinajstić information content (AvgIpc) is 2.84. The second kappa shape index (κ2) is 8.77. The molecule has 3 nitrogen and oxygen atoms in total. The van der Waals surface area contributed by atoms with Gasteiger partial charge in [-0.25, -0.2) is 4.98 Å². The number of thiazole rings is 1. The first-order valence-electron chi connectivity index (χ1n) is 6.64. The molecule has 0 fully saturated rings. The van der Waals surface area contributed by atoms with Gasteiger partial charge in [0.25, 0.3) is 0 Å². The molecule has 0 radical (unpaired) electrons. The van der Waals surface area contributed by atoms with Gasteiger partial charge in [-0.3, -0.25) is 0 Å². The van der Waals surface area contributed by atoms with Gasteiger partial charge < -0.3 is 10.2 Å². The molecule has 0 aliphatic heterocycles. The molecule has 5 heteroatoms. The van der Waals surface area contributed by atoms with Gasteiger partial charge in [-0.05, 0) is 33.1 Å². The average molecular weight is 287 g/mol. The highest BCUT2D eigenvalue weighted by Crippen LogP contribution is 2.22. The molecule has 0 aliphatic carbocycles. The summed E-state index contributed by atoms with van der Waals surface area (Å²) < 4.78 is 0. The van der Waals surface area contributed by atoms with E-state index in [0.717, 1.165) is 36.6 Å². The van der Waals surface area contributed by atoms with Crippen LogP contribution in [-0.4, -0.2) is 36.1 Å². The zero-order chi connectivity index (χ0) is 13.4. The normalized spacial score (nSPS) is 12.7. The number of rotatable bonds is 9. The highest BCUT2D eigenvalue weighted by Gasteiger charge is 2.07. The molecular weight excluding hydrogens is 262 g/mol. The third-order valence-corrected chi connectivity index (χ3v) is 5.10. The lowest BCUT2D eigenvalue weighted by Gasteiger charge is -2.16. The Bertz CT molecular complexity index is 324. The van der Waals surface area contributed by atoms with Crippen molar-refractivity contribution in [2.24, 2.45) is 0 Å². The van der Waals surface area contributed by atoms with Crippen molar-refractivity contribution in [3.05, 3.63) is 11.1 Å². The number of hydrogen-bond donors (Lipinski definition) is 1. The topological polar surface area (TPSA) is 28.2 Å². The molecule has 18 heavy (non-hydrogen) atoms. The third-order valence-electron chi connectivity index (χ3n) is 3.00. The Labute approximate surface area is 119 Å². The van der Waals surface area contributed by atoms with Gasteiger partial charge in [0.2, 0.25) is 0 Å². The van der Waals surface area contributed by atoms with E-state index < -0.39 is 0 Å². The molecule has 0 saturated heterocycles. The molecule has 1 aromatic heterocycles. The van der Waals surface area contributed by atoms with Crippen molar-refractivity contribution in [3.63, 3.8) is 0 Å². The fourth-order valence-corrected chi connectivity index (χ4v) is 3.01. The summed E-state index contributed by atoms with van der Waals surface area (Å²) in [5.74, 6) is 0. The lowest BCUT2D eigenvalue weighted by Crippen LogP contribution is -2.21. The standard InChI is InChI=1S/C13H25N3S2/c1-5-16(6-2)13-15-10-12(18-13)9-14-8-7-11(3)17-4/h10-11,14H,5-9H2,1-4H3. The van der Waals surface area contributed by atoms with Crippen LogP contribution in [0.1, 0.15) is 32.1 Å². The van der Waals surface area contributed by atoms with Crippen LogP contribution in [0, 0.1) is 0 Å². The highest BCUT2D eigenvalue weighted by atomic mass is 32.2. The van der Waals surface area contributed by atoms with Crippen LogP contribution >= 0.6 is 23.1 Å². The van der Waals surface area contributed by atoms with Gasteiger partial charge in [-0.1, -0.05) is 6.92 Å². The molecule has 0 spiro atoms. The van der Waals surface area contributed by atoms with Gasteiger partial charge in [0.05, 0.1) is 0 Å². The summed E-state index contributed by atoms with van der Waals surface area (Å²) >= 11 is 3.73. The molecule has 104 valence electrons. The maximum Gasteiger partial charge on any atom is 0.185 e. The fourth-order valence-electron chi connectivity index (χ4n) is 1.65. The Morgan fingerprint density at radius 1 is 1.44 bits per heavy atom. The van der Waals surface area contributed by atoms with Crippen LogP contribution in [-0.2, 0) is 6.54 Å². The van der Waals surface area contributed by atoms with Crippen LogP contribution in [0.25, 0.3) is 0 Å². The van der Waals surface area contributed by atoms with E-state index in [1.807, 2.05) is 18.0 Å². The van der Waals surface area contributed by atoms with E-state index in [1.54, 1.807) is 11.3 Å². The monoisotopic (exact) mass is 287 g/mol. The van der Waals surface area contributed by atoms with Crippen molar-refractivity contribution in [1.29, 1.82) is 0 Å². The number of nitrogens with one attached hydrogen (secondary N) is 1. The molecule has 0 saturated carbocycles. The second-order valence-corrected chi connectivity index (χ2v) is 6.66. The van der Waals surface area contributed by atoms with E-state index >= 15 is 0 Å². The Balaban J connectivity index is 2.31. The van der Waals surface area contributed by atoms with Crippen molar-refractivity contribution in [3.8, 4) is 0 Å². The van der Waals surface area contributed by atoms with Crippen LogP contribution in [0.15, 0.2) is 6.20 Å². The van der Waals surface area contributed by atoms with Gasteiger partial charge >= 0.3 is 0 Å². The Kier molecular flexibility index (Phi) is 7.70. The van der Waals surface area contributed by atoms with Crippen LogP contribution < -0.4 is 10.2 Å². The van der Waals surface area contributed by atoms with Gasteiger partial charge in [-0.2, -0.15) is 11.8 Å². The minimum Gasteiger partial charge on any atom is -0.349 e. The second-order valence-electron chi connectivity index (χ2n) is 4.29. The Morgan fingerprint density at radius 2 is 2.17 bits per heavy atom. The largest absolute Gasteiger partial charge is 0.349 e. The molecule has 0 bridgehead atoms. The molecular formula is C13H25N3S2. The van der Waals surface area contributed by atoms with E-state index in [4.69, 9.17) is 0 Å². The summed E-state index contributed by atoms with van der Waals surface area (Å²) in [5, 5.41) is 5.38. The number of hydrogen-bond acceptors (Lipinski definition) is 5. The number of aromatic nitrogens is 1. The molecule has 1 unspecified atom stereocenters. The molecule has 0 amide bonds. The maximum absolute atomic E-state index is 4.49. The molecule has 1 heterocycles. The van der Waals surface area contributed by atoms with Crippen LogP contribution in [0.2, 0.25) is 0 Å². The van der Waals surface area contributed by atoms with E-state index in [1.165, 1.54) is 11.3 Å². The number of anilines is 1. The predicted octanol–water partition coefficient (Wildman–Crippen LogP) is 3.22. The van der Waals surface area contributed by atoms with Crippen LogP contribution in [0.5, 0.6) is 0 Å². The van der Waals surface area contributed by atoms with Gasteiger partial charge in [0.15, 0.2) is 5.13 Å². The quantitative estimate of drug-likeness (QED) is 0.706. The summed E-state index contributed by atoms with van der Waals surface area (Å²) in [4.78, 5) is 8.11. The van der Waals surface area contributed by atoms with E-state index in [-0.39, 0.29) is 0 Å². The minimum atomic E-state index is 0.741. The third kappa shape index (κ3) is 5.16. The molecule has 1 N–H and O–H groups in total. The Morgan fingerprint density at radius 3 is 2.78 bits per heavy atom. The van der Waals surface area contributed by atoms with Crippen molar-refractivity contribution >= 4 is 28.2 Å². The highest BCUT2D eigenvalue weighted by molar-refractivity contribution is 7.99. The molecule has 0 aromatic carbocycles. The first-order chi connectivity index (χ1) is 8.71. The summed E-state index contributed by atoms with van der Waals surface area (Å²) in [5.41, 5.74) is 0. The van der Waals surface area contributed by atoms with E-state index in [0.29, 0.717) is 0 Å². The smallest absolute Gasteiger partial charge is 0.185 e. The van der Waals surface area contributed by atoms with Gasteiger partial charge in [0.1, 0.15) is 0 Å². The molecule has 1 aromatic rings. The Hall–Kier alpha value is -0.260. The van der Waals surface area contributed by atoms with E-state index in [9.17, 15) is 0 Å². The molecule has 0 aliphatic rings. The van der Waals surface area contributed by atoms with Crippen molar-refractivity contribution in [1.82, 2.24) is 10.3 Å². The number of thioether (sulfide) groups is 1. The summed E-state index contributed by atoms with van der Waals surface area (Å²) in [7, 11) is 0. The van der Waals surface area contributed by atoms with Crippen LogP contribution in [0.4, 0.5) is 5.13 Å². The first-order valence-corrected chi connectivity index (χ1v) is 8.74. The van der Waals surface area contributed by atoms with Crippen molar-refractivity contribution in [2.45, 2.75) is 39.0 Å². The first kappa shape index (κ1) is 15.8. The van der Waals surface area contributed by atoms with Gasteiger partial charge in [0, 0.05) is 36.0 Å². The summed E-state index contributed by atoms with van der Waals surface area (Å²) in [6, 6.07) is 0. The predicted molar refractivity (Wildman–Crippen MR) is 85.0 cm³/mol. The zero-order valence-electron chi connectivity index (χ0n) is 11.9. The number of nitrogens with zero attached hydrogens (tertiary/aromatic N) is 2. The van der Waals surface area contributed by atoms with Gasteiger partial charge in [-0.15, -0.1) is 11.3 Å². The van der Waals surface area contributed by atoms with Crippen molar-refractivity contribution < 1.29 is 0 Å². The summed E-state index contributed by atoms with van der Waals surface area (Å²) in [6.07, 6.45) is 5.40.